The van der Waals surface area contributed by atoms with Gasteiger partial charge in [-0.05, 0) is 24.6 Å². The lowest BCUT2D eigenvalue weighted by Gasteiger charge is -2.15. The first-order chi connectivity index (χ1) is 10.7. The van der Waals surface area contributed by atoms with E-state index >= 15 is 0 Å². The number of ether oxygens (including phenoxy) is 2. The molecule has 116 valence electrons. The second kappa shape index (κ2) is 8.20. The maximum atomic E-state index is 12.3. The molecule has 4 nitrogen and oxygen atoms in total. The highest BCUT2D eigenvalue weighted by Gasteiger charge is 2.14. The molecule has 1 amide bonds. The lowest BCUT2D eigenvalue weighted by Crippen LogP contribution is -2.35. The van der Waals surface area contributed by atoms with Crippen molar-refractivity contribution in [2.24, 2.45) is 0 Å². The third-order valence-electron chi connectivity index (χ3n) is 3.16. The summed E-state index contributed by atoms with van der Waals surface area (Å²) in [6.45, 7) is 2.80. The number of amides is 1. The zero-order valence-electron chi connectivity index (χ0n) is 12.9. The van der Waals surface area contributed by atoms with Crippen molar-refractivity contribution in [1.29, 1.82) is 0 Å². The van der Waals surface area contributed by atoms with E-state index < -0.39 is 0 Å². The second-order valence-electron chi connectivity index (χ2n) is 5.10. The van der Waals surface area contributed by atoms with Crippen LogP contribution in [0.15, 0.2) is 54.6 Å². The van der Waals surface area contributed by atoms with Crippen LogP contribution in [0.25, 0.3) is 0 Å². The van der Waals surface area contributed by atoms with E-state index in [1.54, 1.807) is 19.2 Å². The molecule has 0 bridgehead atoms. The summed E-state index contributed by atoms with van der Waals surface area (Å²) in [4.78, 5) is 12.3. The Morgan fingerprint density at radius 1 is 1.09 bits per heavy atom. The molecule has 22 heavy (non-hydrogen) atoms. The Morgan fingerprint density at radius 3 is 2.50 bits per heavy atom. The van der Waals surface area contributed by atoms with E-state index in [4.69, 9.17) is 9.47 Å². The summed E-state index contributed by atoms with van der Waals surface area (Å²) in [7, 11) is 1.61. The molecule has 0 aliphatic heterocycles. The number of benzene rings is 2. The fourth-order valence-electron chi connectivity index (χ4n) is 2.11. The Balaban J connectivity index is 2.04. The molecular formula is C18H21NO3. The Hall–Kier alpha value is -2.33. The highest BCUT2D eigenvalue weighted by Crippen LogP contribution is 2.19. The number of carbonyl (C=O) groups excluding carboxylic acids is 1. The standard InChI is InChI=1S/C18H21NO3/c1-14(12-21-2)19-18(20)16-10-6-7-11-17(16)22-13-15-8-4-3-5-9-15/h3-11,14H,12-13H2,1-2H3,(H,19,20)/t14-/m1/s1. The first-order valence-electron chi connectivity index (χ1n) is 7.26. The van der Waals surface area contributed by atoms with Crippen molar-refractivity contribution >= 4 is 5.91 Å². The van der Waals surface area contributed by atoms with Gasteiger partial charge in [0, 0.05) is 13.2 Å². The van der Waals surface area contributed by atoms with Crippen molar-refractivity contribution in [2.75, 3.05) is 13.7 Å². The maximum Gasteiger partial charge on any atom is 0.255 e. The zero-order valence-corrected chi connectivity index (χ0v) is 12.9. The van der Waals surface area contributed by atoms with Gasteiger partial charge in [-0.2, -0.15) is 0 Å². The molecule has 1 atom stereocenters. The molecule has 0 fully saturated rings. The number of rotatable bonds is 7. The maximum absolute atomic E-state index is 12.3. The summed E-state index contributed by atoms with van der Waals surface area (Å²) in [6, 6.07) is 17.1. The number of carbonyl (C=O) groups is 1. The highest BCUT2D eigenvalue weighted by atomic mass is 16.5. The van der Waals surface area contributed by atoms with E-state index in [-0.39, 0.29) is 11.9 Å². The molecule has 1 N–H and O–H groups in total. The van der Waals surface area contributed by atoms with Crippen LogP contribution in [0.5, 0.6) is 5.75 Å². The van der Waals surface area contributed by atoms with Crippen LogP contribution in [0.4, 0.5) is 0 Å². The van der Waals surface area contributed by atoms with Gasteiger partial charge >= 0.3 is 0 Å². The van der Waals surface area contributed by atoms with Crippen LogP contribution in [0.3, 0.4) is 0 Å². The quantitative estimate of drug-likeness (QED) is 0.855. The highest BCUT2D eigenvalue weighted by molar-refractivity contribution is 5.97. The van der Waals surface area contributed by atoms with Gasteiger partial charge in [0.25, 0.3) is 5.91 Å². The predicted molar refractivity (Wildman–Crippen MR) is 86.0 cm³/mol. The van der Waals surface area contributed by atoms with Gasteiger partial charge in [-0.25, -0.2) is 0 Å². The molecule has 2 rings (SSSR count). The molecule has 0 saturated heterocycles. The minimum Gasteiger partial charge on any atom is -0.488 e. The van der Waals surface area contributed by atoms with Crippen LogP contribution in [-0.2, 0) is 11.3 Å². The summed E-state index contributed by atoms with van der Waals surface area (Å²) in [6.07, 6.45) is 0. The van der Waals surface area contributed by atoms with Crippen molar-refractivity contribution in [2.45, 2.75) is 19.6 Å². The van der Waals surface area contributed by atoms with Gasteiger partial charge in [-0.15, -0.1) is 0 Å². The van der Waals surface area contributed by atoms with E-state index in [1.807, 2.05) is 49.4 Å². The fourth-order valence-corrected chi connectivity index (χ4v) is 2.11. The van der Waals surface area contributed by atoms with Crippen LogP contribution in [0.1, 0.15) is 22.8 Å². The van der Waals surface area contributed by atoms with E-state index in [0.717, 1.165) is 5.56 Å². The van der Waals surface area contributed by atoms with Crippen molar-refractivity contribution in [3.63, 3.8) is 0 Å². The molecule has 2 aromatic rings. The molecule has 0 aliphatic rings. The molecule has 0 unspecified atom stereocenters. The second-order valence-corrected chi connectivity index (χ2v) is 5.10. The molecular weight excluding hydrogens is 278 g/mol. The Labute approximate surface area is 131 Å². The summed E-state index contributed by atoms with van der Waals surface area (Å²) in [5.41, 5.74) is 1.59. The van der Waals surface area contributed by atoms with Crippen LogP contribution < -0.4 is 10.1 Å². The van der Waals surface area contributed by atoms with Crippen LogP contribution >= 0.6 is 0 Å². The first kappa shape index (κ1) is 16.0. The lowest BCUT2D eigenvalue weighted by atomic mass is 10.1. The smallest absolute Gasteiger partial charge is 0.255 e. The van der Waals surface area contributed by atoms with Gasteiger partial charge < -0.3 is 14.8 Å². The third-order valence-corrected chi connectivity index (χ3v) is 3.16. The summed E-state index contributed by atoms with van der Waals surface area (Å²) < 4.78 is 10.8. The SMILES string of the molecule is COC[C@@H](C)NC(=O)c1ccccc1OCc1ccccc1. The van der Waals surface area contributed by atoms with E-state index in [2.05, 4.69) is 5.32 Å². The normalized spacial score (nSPS) is 11.7. The van der Waals surface area contributed by atoms with Gasteiger partial charge in [-0.1, -0.05) is 42.5 Å². The van der Waals surface area contributed by atoms with E-state index in [9.17, 15) is 4.79 Å². The molecule has 0 spiro atoms. The third kappa shape index (κ3) is 4.60. The molecule has 0 aromatic heterocycles. The topological polar surface area (TPSA) is 47.6 Å². The van der Waals surface area contributed by atoms with Gasteiger partial charge in [0.2, 0.25) is 0 Å². The monoisotopic (exact) mass is 299 g/mol. The molecule has 4 heteroatoms. The molecule has 0 radical (unpaired) electrons. The fraction of sp³-hybridized carbons (Fsp3) is 0.278. The Bertz CT molecular complexity index is 598. The number of hydrogen-bond acceptors (Lipinski definition) is 3. The molecule has 0 aliphatic carbocycles. The van der Waals surface area contributed by atoms with Crippen molar-refractivity contribution in [3.05, 3.63) is 65.7 Å². The number of hydrogen-bond donors (Lipinski definition) is 1. The number of para-hydroxylation sites is 1. The minimum absolute atomic E-state index is 0.0559. The lowest BCUT2D eigenvalue weighted by molar-refractivity contribution is 0.0901. The van der Waals surface area contributed by atoms with Gasteiger partial charge in [0.05, 0.1) is 12.2 Å². The minimum atomic E-state index is -0.159. The van der Waals surface area contributed by atoms with Gasteiger partial charge in [0.1, 0.15) is 12.4 Å². The van der Waals surface area contributed by atoms with E-state index in [1.165, 1.54) is 0 Å². The number of methoxy groups -OCH3 is 1. The van der Waals surface area contributed by atoms with Gasteiger partial charge in [0.15, 0.2) is 0 Å². The largest absolute Gasteiger partial charge is 0.488 e. The van der Waals surface area contributed by atoms with Gasteiger partial charge in [-0.3, -0.25) is 4.79 Å². The molecule has 0 heterocycles. The predicted octanol–water partition coefficient (Wildman–Crippen LogP) is 3.03. The average Bonchev–Trinajstić information content (AvgIpc) is 2.54. The summed E-state index contributed by atoms with van der Waals surface area (Å²) >= 11 is 0. The first-order valence-corrected chi connectivity index (χ1v) is 7.26. The molecule has 2 aromatic carbocycles. The van der Waals surface area contributed by atoms with E-state index in [0.29, 0.717) is 24.5 Å². The van der Waals surface area contributed by atoms with Crippen molar-refractivity contribution in [3.8, 4) is 5.75 Å². The van der Waals surface area contributed by atoms with Crippen LogP contribution in [0, 0.1) is 0 Å². The van der Waals surface area contributed by atoms with Crippen LogP contribution in [-0.4, -0.2) is 25.7 Å². The number of nitrogens with one attached hydrogen (secondary N) is 1. The van der Waals surface area contributed by atoms with Crippen molar-refractivity contribution in [1.82, 2.24) is 5.32 Å². The summed E-state index contributed by atoms with van der Waals surface area (Å²) in [5.74, 6) is 0.418. The average molecular weight is 299 g/mol. The summed E-state index contributed by atoms with van der Waals surface area (Å²) in [5, 5.41) is 2.89. The van der Waals surface area contributed by atoms with Crippen LogP contribution in [0.2, 0.25) is 0 Å². The molecule has 0 saturated carbocycles. The Kier molecular flexibility index (Phi) is 5.98. The zero-order chi connectivity index (χ0) is 15.8. The Morgan fingerprint density at radius 2 is 1.77 bits per heavy atom. The van der Waals surface area contributed by atoms with Crippen molar-refractivity contribution < 1.29 is 14.3 Å².